The van der Waals surface area contributed by atoms with Gasteiger partial charge in [0.15, 0.2) is 5.79 Å². The third kappa shape index (κ3) is 4.69. The first-order chi connectivity index (χ1) is 16.2. The van der Waals surface area contributed by atoms with Crippen LogP contribution < -0.4 is 0 Å². The van der Waals surface area contributed by atoms with Gasteiger partial charge in [0.2, 0.25) is 0 Å². The molecule has 2 aromatic carbocycles. The van der Waals surface area contributed by atoms with Crippen molar-refractivity contribution in [1.29, 1.82) is 0 Å². The molecule has 1 fully saturated rings. The molecule has 33 heavy (non-hydrogen) atoms. The molecule has 4 rings (SSSR count). The van der Waals surface area contributed by atoms with Crippen molar-refractivity contribution in [2.45, 2.75) is 36.6 Å². The monoisotopic (exact) mass is 436 g/mol. The molecule has 1 saturated heterocycles. The Morgan fingerprint density at radius 3 is 2.27 bits per heavy atom. The Kier molecular flexibility index (Phi) is 6.90. The molecule has 0 aromatic heterocycles. The number of ether oxygens (including phenoxy) is 2. The highest BCUT2D eigenvalue weighted by atomic mass is 16.7. The first-order valence-corrected chi connectivity index (χ1v) is 11.3. The standard InChI is InChI=1S/C29H28N2O2/c1-4-18-29(30-2,31-3)27-17-19-28(32-20-21-33-28)22-26(27)25(24-13-9-6-10-14-24)16-15-23-11-7-5-8-12-23/h4-17,25-26H,1,18-22H2/b16-15+/t25-,26-/m0/s1. The lowest BCUT2D eigenvalue weighted by Crippen LogP contribution is -2.42. The summed E-state index contributed by atoms with van der Waals surface area (Å²) in [5.41, 5.74) is 1.80. The first-order valence-electron chi connectivity index (χ1n) is 11.3. The van der Waals surface area contributed by atoms with Gasteiger partial charge in [-0.25, -0.2) is 22.8 Å². The first kappa shape index (κ1) is 22.7. The average Bonchev–Trinajstić information content (AvgIpc) is 3.32. The normalized spacial score (nSPS) is 20.7. The van der Waals surface area contributed by atoms with Crippen molar-refractivity contribution < 1.29 is 9.47 Å². The largest absolute Gasteiger partial charge is 0.509 e. The maximum absolute atomic E-state index is 7.96. The van der Waals surface area contributed by atoms with E-state index < -0.39 is 11.4 Å². The van der Waals surface area contributed by atoms with Gasteiger partial charge >= 0.3 is 5.66 Å². The second kappa shape index (κ2) is 10.0. The van der Waals surface area contributed by atoms with Crippen LogP contribution in [-0.4, -0.2) is 24.7 Å². The fraction of sp³-hybridized carbons (Fsp3) is 0.310. The second-order valence-electron chi connectivity index (χ2n) is 8.52. The van der Waals surface area contributed by atoms with Crippen LogP contribution in [0.4, 0.5) is 0 Å². The van der Waals surface area contributed by atoms with Crippen LogP contribution in [-0.2, 0) is 9.47 Å². The Labute approximate surface area is 196 Å². The molecular formula is C29H28N2O2. The molecule has 1 spiro atoms. The molecule has 0 amide bonds. The summed E-state index contributed by atoms with van der Waals surface area (Å²) in [4.78, 5) is 7.72. The van der Waals surface area contributed by atoms with Crippen LogP contribution in [0.5, 0.6) is 0 Å². The van der Waals surface area contributed by atoms with E-state index in [9.17, 15) is 0 Å². The molecule has 0 saturated carbocycles. The van der Waals surface area contributed by atoms with Crippen molar-refractivity contribution in [3.8, 4) is 0 Å². The van der Waals surface area contributed by atoms with Gasteiger partial charge < -0.3 is 9.47 Å². The zero-order valence-corrected chi connectivity index (χ0v) is 18.7. The van der Waals surface area contributed by atoms with E-state index in [1.54, 1.807) is 6.08 Å². The highest BCUT2D eigenvalue weighted by Gasteiger charge is 2.56. The Morgan fingerprint density at radius 1 is 1.03 bits per heavy atom. The predicted octanol–water partition coefficient (Wildman–Crippen LogP) is 6.67. The van der Waals surface area contributed by atoms with Crippen LogP contribution in [0.3, 0.4) is 0 Å². The SMILES string of the molecule is [C-]#[N+]C(CC=C)([N+]#[C-])C1=CCC2(C[C@H]1[C@@H](/C=C/c1ccccc1)c1ccccc1)OCCO2. The van der Waals surface area contributed by atoms with Gasteiger partial charge in [-0.1, -0.05) is 85.0 Å². The summed E-state index contributed by atoms with van der Waals surface area (Å²) in [6, 6.07) is 20.5. The number of rotatable bonds is 7. The third-order valence-electron chi connectivity index (χ3n) is 6.55. The van der Waals surface area contributed by atoms with Crippen LogP contribution in [0, 0.1) is 19.1 Å². The summed E-state index contributed by atoms with van der Waals surface area (Å²) in [6.07, 6.45) is 9.47. The number of nitrogens with zero attached hydrogens (tertiary/aromatic N) is 2. The molecule has 2 aliphatic rings. The molecule has 2 aromatic rings. The van der Waals surface area contributed by atoms with Gasteiger partial charge in [-0.3, -0.25) is 0 Å². The van der Waals surface area contributed by atoms with E-state index in [-0.39, 0.29) is 11.8 Å². The lowest BCUT2D eigenvalue weighted by molar-refractivity contribution is -0.170. The van der Waals surface area contributed by atoms with Crippen molar-refractivity contribution >= 4 is 6.08 Å². The smallest absolute Gasteiger partial charge is 0.347 e. The van der Waals surface area contributed by atoms with Gasteiger partial charge in [-0.2, -0.15) is 0 Å². The molecule has 1 aliphatic heterocycles. The summed E-state index contributed by atoms with van der Waals surface area (Å²) in [5, 5.41) is 0. The molecule has 0 radical (unpaired) electrons. The van der Waals surface area contributed by atoms with E-state index in [0.29, 0.717) is 32.5 Å². The molecule has 0 unspecified atom stereocenters. The maximum Gasteiger partial charge on any atom is 0.509 e. The lowest BCUT2D eigenvalue weighted by Gasteiger charge is -2.39. The quantitative estimate of drug-likeness (QED) is 0.358. The summed E-state index contributed by atoms with van der Waals surface area (Å²) >= 11 is 0. The Hall–Kier alpha value is -3.44. The minimum Gasteiger partial charge on any atom is -0.347 e. The average molecular weight is 437 g/mol. The van der Waals surface area contributed by atoms with E-state index in [4.69, 9.17) is 22.6 Å². The number of hydrogen-bond acceptors (Lipinski definition) is 2. The van der Waals surface area contributed by atoms with Gasteiger partial charge in [-0.15, -0.1) is 6.58 Å². The number of benzene rings is 2. The van der Waals surface area contributed by atoms with Crippen LogP contribution in [0.25, 0.3) is 15.8 Å². The topological polar surface area (TPSA) is 27.2 Å². The van der Waals surface area contributed by atoms with Crippen molar-refractivity contribution in [3.05, 3.63) is 125 Å². The highest BCUT2D eigenvalue weighted by Crippen LogP contribution is 2.50. The van der Waals surface area contributed by atoms with Crippen LogP contribution in [0.2, 0.25) is 0 Å². The lowest BCUT2D eigenvalue weighted by atomic mass is 9.69. The summed E-state index contributed by atoms with van der Waals surface area (Å²) in [5.74, 6) is -0.858. The molecule has 4 nitrogen and oxygen atoms in total. The second-order valence-corrected chi connectivity index (χ2v) is 8.52. The fourth-order valence-corrected chi connectivity index (χ4v) is 4.95. The summed E-state index contributed by atoms with van der Waals surface area (Å²) in [7, 11) is 0. The number of allylic oxidation sites excluding steroid dienone is 1. The van der Waals surface area contributed by atoms with E-state index >= 15 is 0 Å². The Morgan fingerprint density at radius 2 is 1.67 bits per heavy atom. The predicted molar refractivity (Wildman–Crippen MR) is 131 cm³/mol. The molecule has 4 heteroatoms. The minimum atomic E-state index is -1.29. The van der Waals surface area contributed by atoms with E-state index in [0.717, 1.165) is 16.7 Å². The van der Waals surface area contributed by atoms with E-state index in [2.05, 4.69) is 52.7 Å². The van der Waals surface area contributed by atoms with Crippen LogP contribution >= 0.6 is 0 Å². The van der Waals surface area contributed by atoms with Gasteiger partial charge in [0.1, 0.15) is 12.0 Å². The minimum absolute atomic E-state index is 0.0460. The van der Waals surface area contributed by atoms with Crippen molar-refractivity contribution in [2.75, 3.05) is 13.2 Å². The van der Waals surface area contributed by atoms with Gasteiger partial charge in [-0.05, 0) is 11.1 Å². The molecule has 166 valence electrons. The van der Waals surface area contributed by atoms with Crippen molar-refractivity contribution in [2.24, 2.45) is 5.92 Å². The highest BCUT2D eigenvalue weighted by molar-refractivity contribution is 5.52. The van der Waals surface area contributed by atoms with Crippen molar-refractivity contribution in [3.63, 3.8) is 0 Å². The third-order valence-corrected chi connectivity index (χ3v) is 6.55. The maximum atomic E-state index is 7.96. The Balaban J connectivity index is 1.83. The van der Waals surface area contributed by atoms with Gasteiger partial charge in [0, 0.05) is 24.7 Å². The van der Waals surface area contributed by atoms with Crippen LogP contribution in [0.15, 0.2) is 91.0 Å². The zero-order valence-electron chi connectivity index (χ0n) is 18.7. The van der Waals surface area contributed by atoms with Gasteiger partial charge in [0.05, 0.1) is 13.2 Å². The van der Waals surface area contributed by atoms with E-state index in [1.807, 2.05) is 42.5 Å². The molecular weight excluding hydrogens is 408 g/mol. The summed E-state index contributed by atoms with van der Waals surface area (Å²) < 4.78 is 12.2. The van der Waals surface area contributed by atoms with Gasteiger partial charge in [0.25, 0.3) is 0 Å². The Bertz CT molecular complexity index is 1090. The molecule has 1 heterocycles. The zero-order chi connectivity index (χ0) is 23.2. The molecule has 1 aliphatic carbocycles. The summed E-state index contributed by atoms with van der Waals surface area (Å²) in [6.45, 7) is 20.9. The van der Waals surface area contributed by atoms with Crippen LogP contribution in [0.1, 0.15) is 36.3 Å². The number of hydrogen-bond donors (Lipinski definition) is 0. The molecule has 0 N–H and O–H groups in total. The fourth-order valence-electron chi connectivity index (χ4n) is 4.95. The molecule has 2 atom stereocenters. The molecule has 0 bridgehead atoms. The van der Waals surface area contributed by atoms with Crippen molar-refractivity contribution in [1.82, 2.24) is 0 Å². The van der Waals surface area contributed by atoms with E-state index in [1.165, 1.54) is 0 Å².